The van der Waals surface area contributed by atoms with Crippen molar-refractivity contribution in [2.24, 2.45) is 0 Å². The van der Waals surface area contributed by atoms with Gasteiger partial charge in [0.1, 0.15) is 6.54 Å². The first kappa shape index (κ1) is 16.7. The maximum Gasteiger partial charge on any atom is 0.104 e. The summed E-state index contributed by atoms with van der Waals surface area (Å²) in [4.78, 5) is 10.6. The maximum absolute atomic E-state index is 10.6. The Kier molecular flexibility index (Phi) is 6.66. The summed E-state index contributed by atoms with van der Waals surface area (Å²) in [7, 11) is 4.16. The van der Waals surface area contributed by atoms with E-state index < -0.39 is 5.97 Å². The van der Waals surface area contributed by atoms with Gasteiger partial charge >= 0.3 is 0 Å². The second-order valence-electron chi connectivity index (χ2n) is 4.94. The topological polar surface area (TPSA) is 40.1 Å². The van der Waals surface area contributed by atoms with Crippen molar-refractivity contribution in [1.29, 1.82) is 0 Å². The maximum atomic E-state index is 10.6. The number of carbonyl (C=O) groups excluding carboxylic acids is 1. The number of carboxylic acids is 1. The third-order valence-electron chi connectivity index (χ3n) is 2.76. The van der Waals surface area contributed by atoms with E-state index >= 15 is 0 Å². The number of halogens is 1. The van der Waals surface area contributed by atoms with Gasteiger partial charge in [-0.2, -0.15) is 0 Å². The summed E-state index contributed by atoms with van der Waals surface area (Å²) in [6.45, 7) is 5.11. The fraction of sp³-hybridized carbons (Fsp3) is 0.357. The molecular formula is C14H19ClNO2-. The lowest BCUT2D eigenvalue weighted by atomic mass is 10.1. The molecule has 0 aromatic heterocycles. The predicted molar refractivity (Wildman–Crippen MR) is 65.9 cm³/mol. The Morgan fingerprint density at radius 1 is 1.28 bits per heavy atom. The second-order valence-corrected chi connectivity index (χ2v) is 4.94. The van der Waals surface area contributed by atoms with E-state index in [2.05, 4.69) is 32.8 Å². The van der Waals surface area contributed by atoms with Crippen molar-refractivity contribution >= 4 is 5.97 Å². The fourth-order valence-electron chi connectivity index (χ4n) is 1.70. The van der Waals surface area contributed by atoms with Gasteiger partial charge in [0, 0.05) is 12.0 Å². The summed E-state index contributed by atoms with van der Waals surface area (Å²) < 4.78 is 0.732. The van der Waals surface area contributed by atoms with Crippen LogP contribution in [0.15, 0.2) is 42.5 Å². The molecule has 0 saturated heterocycles. The van der Waals surface area contributed by atoms with Gasteiger partial charge in [0.15, 0.2) is 0 Å². The van der Waals surface area contributed by atoms with Crippen LogP contribution in [-0.4, -0.2) is 31.1 Å². The van der Waals surface area contributed by atoms with Gasteiger partial charge in [-0.25, -0.2) is 0 Å². The molecule has 0 aliphatic carbocycles. The number of hydrogen-bond acceptors (Lipinski definition) is 2. The molecule has 0 amide bonds. The minimum absolute atomic E-state index is 0. The zero-order valence-electron chi connectivity index (χ0n) is 10.9. The molecule has 4 heteroatoms. The lowest BCUT2D eigenvalue weighted by molar-refractivity contribution is -0.903. The molecule has 1 aromatic rings. The number of quaternary nitrogens is 1. The summed E-state index contributed by atoms with van der Waals surface area (Å²) in [6.07, 6.45) is 0.460. The molecule has 0 aliphatic heterocycles. The largest absolute Gasteiger partial charge is 1.00 e. The van der Waals surface area contributed by atoms with Gasteiger partial charge in [0.25, 0.3) is 0 Å². The Hall–Kier alpha value is -1.32. The molecule has 0 heterocycles. The van der Waals surface area contributed by atoms with Gasteiger partial charge in [0.05, 0.1) is 26.6 Å². The van der Waals surface area contributed by atoms with Crippen LogP contribution in [0.5, 0.6) is 0 Å². The molecular weight excluding hydrogens is 250 g/mol. The molecule has 0 fully saturated rings. The number of carboxylic acid groups (broad SMARTS) is 1. The van der Waals surface area contributed by atoms with E-state index in [4.69, 9.17) is 0 Å². The molecule has 0 radical (unpaired) electrons. The first-order valence-corrected chi connectivity index (χ1v) is 5.66. The molecule has 0 unspecified atom stereocenters. The van der Waals surface area contributed by atoms with Crippen LogP contribution in [0.1, 0.15) is 12.0 Å². The van der Waals surface area contributed by atoms with Crippen LogP contribution in [0, 0.1) is 0 Å². The number of carbonyl (C=O) groups is 1. The third-order valence-corrected chi connectivity index (χ3v) is 2.76. The number of rotatable bonds is 6. The Balaban J connectivity index is 0.00000289. The van der Waals surface area contributed by atoms with E-state index in [1.807, 2.05) is 18.2 Å². The highest BCUT2D eigenvalue weighted by molar-refractivity contribution is 5.83. The summed E-state index contributed by atoms with van der Waals surface area (Å²) in [6, 6.07) is 10.2. The Morgan fingerprint density at radius 3 is 2.33 bits per heavy atom. The van der Waals surface area contributed by atoms with Crippen LogP contribution in [-0.2, 0) is 11.3 Å². The first-order valence-electron chi connectivity index (χ1n) is 5.66. The van der Waals surface area contributed by atoms with Crippen molar-refractivity contribution in [3.05, 3.63) is 48.0 Å². The van der Waals surface area contributed by atoms with Gasteiger partial charge in [-0.1, -0.05) is 36.9 Å². The quantitative estimate of drug-likeness (QED) is 0.441. The summed E-state index contributed by atoms with van der Waals surface area (Å²) in [5.74, 6) is -1.15. The molecule has 0 saturated carbocycles. The SMILES string of the molecule is C=C(CC[N+](C)(C)Cc1ccccc1)C(=O)[O-].[Cl-]. The molecule has 0 atom stereocenters. The molecule has 18 heavy (non-hydrogen) atoms. The number of aliphatic carboxylic acids is 1. The first-order chi connectivity index (χ1) is 7.91. The Bertz CT molecular complexity index is 402. The third kappa shape index (κ3) is 5.84. The highest BCUT2D eigenvalue weighted by Crippen LogP contribution is 2.11. The lowest BCUT2D eigenvalue weighted by Crippen LogP contribution is -3.00. The van der Waals surface area contributed by atoms with Crippen molar-refractivity contribution in [1.82, 2.24) is 0 Å². The van der Waals surface area contributed by atoms with E-state index in [9.17, 15) is 9.90 Å². The van der Waals surface area contributed by atoms with E-state index in [1.165, 1.54) is 5.56 Å². The summed E-state index contributed by atoms with van der Waals surface area (Å²) in [5, 5.41) is 10.6. The van der Waals surface area contributed by atoms with E-state index in [0.29, 0.717) is 6.42 Å². The fourth-order valence-corrected chi connectivity index (χ4v) is 1.70. The van der Waals surface area contributed by atoms with Crippen LogP contribution in [0.3, 0.4) is 0 Å². The van der Waals surface area contributed by atoms with Gasteiger partial charge in [0.2, 0.25) is 0 Å². The Morgan fingerprint density at radius 2 is 1.83 bits per heavy atom. The highest BCUT2D eigenvalue weighted by Gasteiger charge is 2.16. The molecule has 1 rings (SSSR count). The average molecular weight is 269 g/mol. The van der Waals surface area contributed by atoms with Crippen molar-refractivity contribution in [2.75, 3.05) is 20.6 Å². The van der Waals surface area contributed by atoms with Crippen LogP contribution >= 0.6 is 0 Å². The van der Waals surface area contributed by atoms with Gasteiger partial charge in [-0.15, -0.1) is 0 Å². The van der Waals surface area contributed by atoms with Crippen molar-refractivity contribution in [3.63, 3.8) is 0 Å². The molecule has 0 spiro atoms. The van der Waals surface area contributed by atoms with Crippen LogP contribution in [0.2, 0.25) is 0 Å². The smallest absolute Gasteiger partial charge is 0.104 e. The van der Waals surface area contributed by atoms with Crippen LogP contribution in [0.4, 0.5) is 0 Å². The zero-order chi connectivity index (χ0) is 12.9. The lowest BCUT2D eigenvalue weighted by Gasteiger charge is -2.30. The molecule has 0 aliphatic rings. The second kappa shape index (κ2) is 7.19. The number of nitrogens with zero attached hydrogens (tertiary/aromatic N) is 1. The van der Waals surface area contributed by atoms with Gasteiger partial charge < -0.3 is 26.8 Å². The molecule has 0 bridgehead atoms. The summed E-state index contributed by atoms with van der Waals surface area (Å²) >= 11 is 0. The highest BCUT2D eigenvalue weighted by atomic mass is 35.5. The zero-order valence-corrected chi connectivity index (χ0v) is 11.6. The van der Waals surface area contributed by atoms with Gasteiger partial charge in [-0.05, 0) is 5.57 Å². The van der Waals surface area contributed by atoms with Crippen LogP contribution < -0.4 is 17.5 Å². The van der Waals surface area contributed by atoms with Crippen molar-refractivity contribution < 1.29 is 26.8 Å². The molecule has 0 N–H and O–H groups in total. The predicted octanol–water partition coefficient (Wildman–Crippen LogP) is -2.04. The number of hydrogen-bond donors (Lipinski definition) is 0. The van der Waals surface area contributed by atoms with Crippen molar-refractivity contribution in [3.8, 4) is 0 Å². The molecule has 1 aromatic carbocycles. The van der Waals surface area contributed by atoms with Gasteiger partial charge in [-0.3, -0.25) is 0 Å². The van der Waals surface area contributed by atoms with E-state index in [0.717, 1.165) is 17.6 Å². The summed E-state index contributed by atoms with van der Waals surface area (Å²) in [5.41, 5.74) is 1.42. The average Bonchev–Trinajstić information content (AvgIpc) is 2.26. The Labute approximate surface area is 115 Å². The van der Waals surface area contributed by atoms with Crippen molar-refractivity contribution in [2.45, 2.75) is 13.0 Å². The standard InChI is InChI=1S/C14H19NO2.ClH/c1-12(14(16)17)9-10-15(2,3)11-13-7-5-4-6-8-13;/h4-8H,1,9-11H2,2-3H3;1H/p-1. The monoisotopic (exact) mass is 268 g/mol. The molecule has 3 nitrogen and oxygen atoms in total. The normalized spacial score (nSPS) is 10.6. The van der Waals surface area contributed by atoms with Crippen LogP contribution in [0.25, 0.3) is 0 Å². The number of benzene rings is 1. The minimum Gasteiger partial charge on any atom is -1.00 e. The minimum atomic E-state index is -1.15. The molecule has 100 valence electrons. The van der Waals surface area contributed by atoms with E-state index in [-0.39, 0.29) is 18.0 Å². The van der Waals surface area contributed by atoms with E-state index in [1.54, 1.807) is 0 Å².